The van der Waals surface area contributed by atoms with E-state index in [1.54, 1.807) is 24.3 Å². The topological polar surface area (TPSA) is 97.2 Å². The van der Waals surface area contributed by atoms with E-state index in [2.05, 4.69) is 15.6 Å². The van der Waals surface area contributed by atoms with Gasteiger partial charge in [0, 0.05) is 18.2 Å². The van der Waals surface area contributed by atoms with Crippen LogP contribution in [0.25, 0.3) is 11.3 Å². The molecule has 0 spiro atoms. The minimum absolute atomic E-state index is 0.0649. The lowest BCUT2D eigenvalue weighted by Gasteiger charge is -2.09. The van der Waals surface area contributed by atoms with Crippen molar-refractivity contribution in [2.24, 2.45) is 5.92 Å². The molecule has 1 saturated carbocycles. The fourth-order valence-electron chi connectivity index (χ4n) is 2.32. The van der Waals surface area contributed by atoms with Crippen LogP contribution in [0.3, 0.4) is 0 Å². The lowest BCUT2D eigenvalue weighted by atomic mass is 10.1. The third-order valence-corrected chi connectivity index (χ3v) is 3.83. The number of nitrogens with one attached hydrogen (secondary N) is 2. The number of carbonyl (C=O) groups excluding carboxylic acids is 1. The normalized spacial score (nSPS) is 13.3. The first-order chi connectivity index (χ1) is 11.6. The minimum atomic E-state index is -0.457. The number of anilines is 1. The molecular weight excluding hydrogens is 308 g/mol. The van der Waals surface area contributed by atoms with Gasteiger partial charge in [-0.15, -0.1) is 0 Å². The van der Waals surface area contributed by atoms with Crippen LogP contribution >= 0.6 is 0 Å². The SMILES string of the molecule is O=C(CNc1ccc([N+](=O)[O-])c(-c2ccccc2)n1)NCC1CC1. The quantitative estimate of drug-likeness (QED) is 0.602. The Morgan fingerprint density at radius 3 is 2.62 bits per heavy atom. The van der Waals surface area contributed by atoms with Gasteiger partial charge in [-0.3, -0.25) is 14.9 Å². The smallest absolute Gasteiger partial charge is 0.295 e. The number of aromatic nitrogens is 1. The highest BCUT2D eigenvalue weighted by molar-refractivity contribution is 5.80. The van der Waals surface area contributed by atoms with Crippen molar-refractivity contribution in [2.75, 3.05) is 18.4 Å². The zero-order chi connectivity index (χ0) is 16.9. The minimum Gasteiger partial charge on any atom is -0.361 e. The van der Waals surface area contributed by atoms with Crippen LogP contribution in [0.2, 0.25) is 0 Å². The van der Waals surface area contributed by atoms with Gasteiger partial charge in [-0.05, 0) is 24.8 Å². The summed E-state index contributed by atoms with van der Waals surface area (Å²) in [4.78, 5) is 26.8. The Balaban J connectivity index is 1.72. The molecule has 1 aliphatic rings. The Hall–Kier alpha value is -2.96. The van der Waals surface area contributed by atoms with Crippen molar-refractivity contribution in [3.8, 4) is 11.3 Å². The van der Waals surface area contributed by atoms with E-state index in [4.69, 9.17) is 0 Å². The molecular formula is C17H18N4O3. The van der Waals surface area contributed by atoms with Crippen LogP contribution in [0.15, 0.2) is 42.5 Å². The van der Waals surface area contributed by atoms with Crippen molar-refractivity contribution in [1.82, 2.24) is 10.3 Å². The number of benzene rings is 1. The molecule has 1 heterocycles. The number of hydrogen-bond acceptors (Lipinski definition) is 5. The predicted octanol–water partition coefficient (Wildman–Crippen LogP) is 2.59. The molecule has 124 valence electrons. The van der Waals surface area contributed by atoms with Gasteiger partial charge in [0.1, 0.15) is 5.82 Å². The highest BCUT2D eigenvalue weighted by Gasteiger charge is 2.21. The first kappa shape index (κ1) is 15.9. The molecule has 7 heteroatoms. The van der Waals surface area contributed by atoms with Crippen molar-refractivity contribution in [3.05, 3.63) is 52.6 Å². The van der Waals surface area contributed by atoms with Crippen LogP contribution in [-0.2, 0) is 4.79 Å². The van der Waals surface area contributed by atoms with Gasteiger partial charge in [0.25, 0.3) is 5.69 Å². The third kappa shape index (κ3) is 4.07. The third-order valence-electron chi connectivity index (χ3n) is 3.83. The molecule has 3 rings (SSSR count). The Morgan fingerprint density at radius 1 is 1.21 bits per heavy atom. The fourth-order valence-corrected chi connectivity index (χ4v) is 2.32. The highest BCUT2D eigenvalue weighted by atomic mass is 16.6. The van der Waals surface area contributed by atoms with E-state index in [0.717, 1.165) is 0 Å². The van der Waals surface area contributed by atoms with Gasteiger partial charge in [-0.1, -0.05) is 30.3 Å². The van der Waals surface area contributed by atoms with E-state index < -0.39 is 4.92 Å². The summed E-state index contributed by atoms with van der Waals surface area (Å²) >= 11 is 0. The van der Waals surface area contributed by atoms with Crippen molar-refractivity contribution in [2.45, 2.75) is 12.8 Å². The summed E-state index contributed by atoms with van der Waals surface area (Å²) in [7, 11) is 0. The molecule has 24 heavy (non-hydrogen) atoms. The maximum atomic E-state index is 11.8. The first-order valence-electron chi connectivity index (χ1n) is 7.85. The number of carbonyl (C=O) groups is 1. The molecule has 1 aromatic carbocycles. The predicted molar refractivity (Wildman–Crippen MR) is 90.6 cm³/mol. The summed E-state index contributed by atoms with van der Waals surface area (Å²) in [5, 5.41) is 17.0. The van der Waals surface area contributed by atoms with E-state index in [1.807, 2.05) is 6.07 Å². The molecule has 0 saturated heterocycles. The Kier molecular flexibility index (Phi) is 4.69. The number of nitro groups is 1. The van der Waals surface area contributed by atoms with Gasteiger partial charge < -0.3 is 10.6 Å². The number of hydrogen-bond donors (Lipinski definition) is 2. The standard InChI is InChI=1S/C17H18N4O3/c22-16(19-10-12-6-7-12)11-18-15-9-8-14(21(23)24)17(20-15)13-4-2-1-3-5-13/h1-5,8-9,12H,6-7,10-11H2,(H,18,20)(H,19,22). The van der Waals surface area contributed by atoms with Crippen molar-refractivity contribution in [3.63, 3.8) is 0 Å². The fraction of sp³-hybridized carbons (Fsp3) is 0.294. The second-order valence-electron chi connectivity index (χ2n) is 5.79. The zero-order valence-corrected chi connectivity index (χ0v) is 13.1. The van der Waals surface area contributed by atoms with Crippen LogP contribution in [0, 0.1) is 16.0 Å². The molecule has 1 fully saturated rings. The lowest BCUT2D eigenvalue weighted by Crippen LogP contribution is -2.31. The Labute approximate surface area is 139 Å². The van der Waals surface area contributed by atoms with Crippen LogP contribution in [-0.4, -0.2) is 28.9 Å². The van der Waals surface area contributed by atoms with E-state index in [9.17, 15) is 14.9 Å². The Bertz CT molecular complexity index is 745. The van der Waals surface area contributed by atoms with Crippen molar-refractivity contribution < 1.29 is 9.72 Å². The molecule has 1 aromatic heterocycles. The second kappa shape index (κ2) is 7.08. The van der Waals surface area contributed by atoms with Crippen LogP contribution in [0.4, 0.5) is 11.5 Å². The van der Waals surface area contributed by atoms with Gasteiger partial charge in [0.15, 0.2) is 5.69 Å². The molecule has 0 atom stereocenters. The number of amides is 1. The van der Waals surface area contributed by atoms with Gasteiger partial charge in [-0.25, -0.2) is 4.98 Å². The molecule has 2 N–H and O–H groups in total. The average Bonchev–Trinajstić information content (AvgIpc) is 3.43. The molecule has 1 amide bonds. The van der Waals surface area contributed by atoms with E-state index >= 15 is 0 Å². The molecule has 0 bridgehead atoms. The Morgan fingerprint density at radius 2 is 1.96 bits per heavy atom. The van der Waals surface area contributed by atoms with Crippen LogP contribution in [0.1, 0.15) is 12.8 Å². The molecule has 7 nitrogen and oxygen atoms in total. The maximum Gasteiger partial charge on any atom is 0.295 e. The molecule has 0 radical (unpaired) electrons. The highest BCUT2D eigenvalue weighted by Crippen LogP contribution is 2.29. The maximum absolute atomic E-state index is 11.8. The summed E-state index contributed by atoms with van der Waals surface area (Å²) in [6, 6.07) is 11.9. The zero-order valence-electron chi connectivity index (χ0n) is 13.1. The first-order valence-corrected chi connectivity index (χ1v) is 7.85. The largest absolute Gasteiger partial charge is 0.361 e. The van der Waals surface area contributed by atoms with Gasteiger partial charge >= 0.3 is 0 Å². The number of rotatable bonds is 7. The van der Waals surface area contributed by atoms with Crippen LogP contribution < -0.4 is 10.6 Å². The second-order valence-corrected chi connectivity index (χ2v) is 5.79. The van der Waals surface area contributed by atoms with E-state index in [1.165, 1.54) is 25.0 Å². The van der Waals surface area contributed by atoms with Gasteiger partial charge in [-0.2, -0.15) is 0 Å². The molecule has 2 aromatic rings. The lowest BCUT2D eigenvalue weighted by molar-refractivity contribution is -0.384. The molecule has 1 aliphatic carbocycles. The monoisotopic (exact) mass is 326 g/mol. The number of nitrogens with zero attached hydrogens (tertiary/aromatic N) is 2. The van der Waals surface area contributed by atoms with E-state index in [-0.39, 0.29) is 23.8 Å². The van der Waals surface area contributed by atoms with Gasteiger partial charge in [0.2, 0.25) is 5.91 Å². The number of pyridine rings is 1. The summed E-state index contributed by atoms with van der Waals surface area (Å²) in [6.45, 7) is 0.801. The summed E-state index contributed by atoms with van der Waals surface area (Å²) in [6.07, 6.45) is 2.36. The summed E-state index contributed by atoms with van der Waals surface area (Å²) in [5.41, 5.74) is 0.875. The van der Waals surface area contributed by atoms with E-state index in [0.29, 0.717) is 23.8 Å². The van der Waals surface area contributed by atoms with Crippen LogP contribution in [0.5, 0.6) is 0 Å². The van der Waals surface area contributed by atoms with Crippen molar-refractivity contribution in [1.29, 1.82) is 0 Å². The summed E-state index contributed by atoms with van der Waals surface area (Å²) in [5.74, 6) is 0.945. The average molecular weight is 326 g/mol. The molecule has 0 unspecified atom stereocenters. The molecule has 0 aliphatic heterocycles. The van der Waals surface area contributed by atoms with Crippen molar-refractivity contribution >= 4 is 17.4 Å². The van der Waals surface area contributed by atoms with Gasteiger partial charge in [0.05, 0.1) is 11.5 Å². The summed E-state index contributed by atoms with van der Waals surface area (Å²) < 4.78 is 0.